The molecular weight excluding hydrogens is 198 g/mol. The van der Waals surface area contributed by atoms with Crippen LogP contribution in [0.1, 0.15) is 43.6 Å². The Morgan fingerprint density at radius 3 is 2.64 bits per heavy atom. The monoisotopic (exact) mass is 211 g/mol. The van der Waals surface area contributed by atoms with E-state index in [9.17, 15) is 0 Å². The van der Waals surface area contributed by atoms with Crippen LogP contribution in [0.15, 0.2) is 6.07 Å². The molecule has 1 heterocycles. The maximum absolute atomic E-state index is 6.00. The molecule has 0 aliphatic heterocycles. The molecule has 1 aliphatic carbocycles. The van der Waals surface area contributed by atoms with Crippen molar-refractivity contribution in [3.63, 3.8) is 0 Å². The molecule has 14 heavy (non-hydrogen) atoms. The van der Waals surface area contributed by atoms with Gasteiger partial charge in [0, 0.05) is 0 Å². The SMILES string of the molecule is Nc1cc(C2CCCCC2)c(Cl)nn1. The van der Waals surface area contributed by atoms with Crippen LogP contribution >= 0.6 is 11.6 Å². The number of rotatable bonds is 1. The Labute approximate surface area is 88.7 Å². The van der Waals surface area contributed by atoms with Crippen LogP contribution < -0.4 is 5.73 Å². The van der Waals surface area contributed by atoms with E-state index < -0.39 is 0 Å². The van der Waals surface area contributed by atoms with Gasteiger partial charge in [-0.1, -0.05) is 30.9 Å². The molecule has 0 spiro atoms. The third kappa shape index (κ3) is 1.98. The number of anilines is 1. The number of nitrogen functional groups attached to an aromatic ring is 1. The Balaban J connectivity index is 2.24. The summed E-state index contributed by atoms with van der Waals surface area (Å²) in [5.74, 6) is 1.00. The molecule has 0 saturated heterocycles. The molecule has 0 unspecified atom stereocenters. The summed E-state index contributed by atoms with van der Waals surface area (Å²) in [4.78, 5) is 0. The number of aromatic nitrogens is 2. The fraction of sp³-hybridized carbons (Fsp3) is 0.600. The fourth-order valence-electron chi connectivity index (χ4n) is 2.11. The van der Waals surface area contributed by atoms with Gasteiger partial charge in [-0.3, -0.25) is 0 Å². The molecule has 0 aromatic carbocycles. The van der Waals surface area contributed by atoms with Gasteiger partial charge in [-0.2, -0.15) is 0 Å². The minimum Gasteiger partial charge on any atom is -0.382 e. The van der Waals surface area contributed by atoms with Gasteiger partial charge < -0.3 is 5.73 Å². The second-order valence-corrected chi connectivity index (χ2v) is 4.21. The minimum atomic E-state index is 0.468. The number of nitrogens with two attached hydrogens (primary N) is 1. The Bertz CT molecular complexity index is 321. The largest absolute Gasteiger partial charge is 0.382 e. The van der Waals surface area contributed by atoms with Gasteiger partial charge in [-0.05, 0) is 30.4 Å². The molecule has 76 valence electrons. The Morgan fingerprint density at radius 1 is 1.21 bits per heavy atom. The van der Waals surface area contributed by atoms with Crippen molar-refractivity contribution in [2.75, 3.05) is 5.73 Å². The lowest BCUT2D eigenvalue weighted by Crippen LogP contribution is -2.07. The third-order valence-electron chi connectivity index (χ3n) is 2.84. The topological polar surface area (TPSA) is 51.8 Å². The average molecular weight is 212 g/mol. The second kappa shape index (κ2) is 4.13. The summed E-state index contributed by atoms with van der Waals surface area (Å²) in [5, 5.41) is 8.09. The number of hydrogen-bond donors (Lipinski definition) is 1. The van der Waals surface area contributed by atoms with E-state index in [1.165, 1.54) is 32.1 Å². The van der Waals surface area contributed by atoms with Crippen molar-refractivity contribution in [3.05, 3.63) is 16.8 Å². The van der Waals surface area contributed by atoms with Crippen LogP contribution in [0, 0.1) is 0 Å². The lowest BCUT2D eigenvalue weighted by molar-refractivity contribution is 0.442. The van der Waals surface area contributed by atoms with Crippen molar-refractivity contribution in [2.45, 2.75) is 38.0 Å². The summed E-state index contributed by atoms with van der Waals surface area (Å²) in [6.07, 6.45) is 6.30. The van der Waals surface area contributed by atoms with E-state index in [1.54, 1.807) is 0 Å². The highest BCUT2D eigenvalue weighted by Gasteiger charge is 2.19. The molecule has 0 bridgehead atoms. The van der Waals surface area contributed by atoms with E-state index in [0.29, 0.717) is 16.9 Å². The smallest absolute Gasteiger partial charge is 0.155 e. The van der Waals surface area contributed by atoms with Crippen molar-refractivity contribution >= 4 is 17.4 Å². The van der Waals surface area contributed by atoms with Crippen LogP contribution in [0.4, 0.5) is 5.82 Å². The molecule has 0 radical (unpaired) electrons. The molecule has 1 aromatic rings. The van der Waals surface area contributed by atoms with Crippen LogP contribution in [0.25, 0.3) is 0 Å². The van der Waals surface area contributed by atoms with Crippen molar-refractivity contribution in [3.8, 4) is 0 Å². The van der Waals surface area contributed by atoms with Crippen molar-refractivity contribution in [1.82, 2.24) is 10.2 Å². The van der Waals surface area contributed by atoms with Crippen LogP contribution in [0.3, 0.4) is 0 Å². The molecule has 1 saturated carbocycles. The number of halogens is 1. The summed E-state index contributed by atoms with van der Waals surface area (Å²) in [7, 11) is 0. The molecule has 4 heteroatoms. The molecule has 2 N–H and O–H groups in total. The molecule has 1 aromatic heterocycles. The molecule has 3 nitrogen and oxygen atoms in total. The van der Waals surface area contributed by atoms with Crippen molar-refractivity contribution in [2.24, 2.45) is 0 Å². The molecule has 0 atom stereocenters. The first kappa shape index (κ1) is 9.71. The lowest BCUT2D eigenvalue weighted by Gasteiger charge is -2.22. The van der Waals surface area contributed by atoms with Gasteiger partial charge in [0.15, 0.2) is 5.15 Å². The first-order chi connectivity index (χ1) is 6.77. The number of hydrogen-bond acceptors (Lipinski definition) is 3. The maximum atomic E-state index is 6.00. The van der Waals surface area contributed by atoms with Crippen molar-refractivity contribution < 1.29 is 0 Å². The minimum absolute atomic E-state index is 0.468. The van der Waals surface area contributed by atoms with Crippen LogP contribution in [0.2, 0.25) is 5.15 Å². The van der Waals surface area contributed by atoms with Gasteiger partial charge in [-0.15, -0.1) is 10.2 Å². The van der Waals surface area contributed by atoms with E-state index in [0.717, 1.165) is 5.56 Å². The lowest BCUT2D eigenvalue weighted by atomic mass is 9.85. The second-order valence-electron chi connectivity index (χ2n) is 3.85. The summed E-state index contributed by atoms with van der Waals surface area (Å²) in [6, 6.07) is 1.87. The van der Waals surface area contributed by atoms with Crippen LogP contribution in [-0.4, -0.2) is 10.2 Å². The normalized spacial score (nSPS) is 18.4. The van der Waals surface area contributed by atoms with Gasteiger partial charge in [-0.25, -0.2) is 0 Å². The van der Waals surface area contributed by atoms with Crippen molar-refractivity contribution in [1.29, 1.82) is 0 Å². The highest BCUT2D eigenvalue weighted by atomic mass is 35.5. The highest BCUT2D eigenvalue weighted by Crippen LogP contribution is 2.35. The van der Waals surface area contributed by atoms with Gasteiger partial charge in [0.1, 0.15) is 5.82 Å². The predicted molar refractivity (Wildman–Crippen MR) is 57.3 cm³/mol. The third-order valence-corrected chi connectivity index (χ3v) is 3.13. The van der Waals surface area contributed by atoms with Gasteiger partial charge in [0.2, 0.25) is 0 Å². The number of nitrogens with zero attached hydrogens (tertiary/aromatic N) is 2. The van der Waals surface area contributed by atoms with Gasteiger partial charge in [0.05, 0.1) is 0 Å². The van der Waals surface area contributed by atoms with Crippen LogP contribution in [0.5, 0.6) is 0 Å². The van der Waals surface area contributed by atoms with E-state index in [2.05, 4.69) is 10.2 Å². The van der Waals surface area contributed by atoms with Gasteiger partial charge in [0.25, 0.3) is 0 Å². The summed E-state index contributed by atoms with van der Waals surface area (Å²) >= 11 is 6.00. The average Bonchev–Trinajstić information content (AvgIpc) is 2.23. The molecule has 1 aliphatic rings. The Hall–Kier alpha value is -0.830. The Kier molecular flexibility index (Phi) is 2.87. The zero-order chi connectivity index (χ0) is 9.97. The summed E-state index contributed by atoms with van der Waals surface area (Å²) < 4.78 is 0. The zero-order valence-electron chi connectivity index (χ0n) is 8.04. The molecular formula is C10H14ClN3. The molecule has 1 fully saturated rings. The summed E-state index contributed by atoms with van der Waals surface area (Å²) in [5.41, 5.74) is 6.68. The summed E-state index contributed by atoms with van der Waals surface area (Å²) in [6.45, 7) is 0. The Morgan fingerprint density at radius 2 is 1.93 bits per heavy atom. The van der Waals surface area contributed by atoms with Gasteiger partial charge >= 0.3 is 0 Å². The maximum Gasteiger partial charge on any atom is 0.155 e. The standard InChI is InChI=1S/C10H14ClN3/c11-10-8(6-9(12)13-14-10)7-4-2-1-3-5-7/h6-7H,1-5H2,(H2,12,13). The van der Waals surface area contributed by atoms with E-state index in [1.807, 2.05) is 6.07 Å². The van der Waals surface area contributed by atoms with E-state index >= 15 is 0 Å². The quantitative estimate of drug-likeness (QED) is 0.777. The highest BCUT2D eigenvalue weighted by molar-refractivity contribution is 6.30. The predicted octanol–water partition coefficient (Wildman–Crippen LogP) is 2.76. The van der Waals surface area contributed by atoms with E-state index in [4.69, 9.17) is 17.3 Å². The van der Waals surface area contributed by atoms with E-state index in [-0.39, 0.29) is 0 Å². The fourth-order valence-corrected chi connectivity index (χ4v) is 2.35. The first-order valence-electron chi connectivity index (χ1n) is 5.06. The molecule has 0 amide bonds. The zero-order valence-corrected chi connectivity index (χ0v) is 8.80. The first-order valence-corrected chi connectivity index (χ1v) is 5.44. The molecule has 2 rings (SSSR count). The van der Waals surface area contributed by atoms with Crippen LogP contribution in [-0.2, 0) is 0 Å².